The molecule has 0 aliphatic carbocycles. The second kappa shape index (κ2) is 67.2. The second-order valence-electron chi connectivity index (χ2n) is 1.48. The number of carbonyl (C=O) groups is 3. The smallest absolute Gasteiger partial charge is 0.106 e. The van der Waals surface area contributed by atoms with Gasteiger partial charge in [-0.25, -0.2) is 0 Å². The van der Waals surface area contributed by atoms with Gasteiger partial charge in [-0.2, -0.15) is 0 Å². The first-order valence-corrected chi connectivity index (χ1v) is 2.90. The Kier molecular flexibility index (Phi) is 153. The van der Waals surface area contributed by atoms with E-state index in [0.29, 0.717) is 0 Å². The molecule has 0 saturated heterocycles. The topological polar surface area (TPSA) is 51.2 Å². The van der Waals surface area contributed by atoms with E-state index in [0.717, 1.165) is 0 Å². The third-order valence-electron chi connectivity index (χ3n) is 0.451. The number of rotatable bonds is 1. The SMILES string of the molecule is C=CC=C(C)C.C=O.C=O.C=O.[Ru]. The molecule has 0 amide bonds. The first-order valence-electron chi connectivity index (χ1n) is 2.90. The molecule has 0 fully saturated rings. The molecular weight excluding hydrogens is 257 g/mol. The summed E-state index contributed by atoms with van der Waals surface area (Å²) in [6, 6.07) is 0. The van der Waals surface area contributed by atoms with E-state index in [9.17, 15) is 0 Å². The molecule has 0 saturated carbocycles. The second-order valence-corrected chi connectivity index (χ2v) is 1.48. The molecule has 0 spiro atoms. The predicted molar refractivity (Wildman–Crippen MR) is 51.0 cm³/mol. The van der Waals surface area contributed by atoms with Crippen LogP contribution in [0.5, 0.6) is 0 Å². The van der Waals surface area contributed by atoms with Crippen LogP contribution in [0, 0.1) is 0 Å². The molecule has 0 atom stereocenters. The third-order valence-corrected chi connectivity index (χ3v) is 0.451. The zero-order valence-corrected chi connectivity index (χ0v) is 9.80. The average Bonchev–Trinajstić information content (AvgIpc) is 2.14. The molecule has 0 unspecified atom stereocenters. The number of carbonyl (C=O) groups excluding carboxylic acids is 3. The van der Waals surface area contributed by atoms with E-state index < -0.39 is 0 Å². The van der Waals surface area contributed by atoms with Crippen molar-refractivity contribution in [3.8, 4) is 0 Å². The van der Waals surface area contributed by atoms with Crippen molar-refractivity contribution in [1.29, 1.82) is 0 Å². The van der Waals surface area contributed by atoms with Gasteiger partial charge in [0.1, 0.15) is 20.4 Å². The summed E-state index contributed by atoms with van der Waals surface area (Å²) in [4.78, 5) is 24.0. The summed E-state index contributed by atoms with van der Waals surface area (Å²) in [7, 11) is 0. The Bertz CT molecular complexity index is 105. The summed E-state index contributed by atoms with van der Waals surface area (Å²) in [5.41, 5.74) is 1.30. The average molecular weight is 273 g/mol. The molecule has 0 aromatic carbocycles. The summed E-state index contributed by atoms with van der Waals surface area (Å²) < 4.78 is 0. The van der Waals surface area contributed by atoms with Crippen molar-refractivity contribution < 1.29 is 33.9 Å². The van der Waals surface area contributed by atoms with Gasteiger partial charge in [0.05, 0.1) is 0 Å². The van der Waals surface area contributed by atoms with Crippen molar-refractivity contribution in [2.24, 2.45) is 0 Å². The Labute approximate surface area is 92.7 Å². The Morgan fingerprint density at radius 2 is 1.15 bits per heavy atom. The van der Waals surface area contributed by atoms with Gasteiger partial charge in [-0.3, -0.25) is 0 Å². The quantitative estimate of drug-likeness (QED) is 0.538. The van der Waals surface area contributed by atoms with Crippen LogP contribution in [0.25, 0.3) is 0 Å². The normalized spacial score (nSPS) is 4.15. The molecule has 0 bridgehead atoms. The van der Waals surface area contributed by atoms with Crippen molar-refractivity contribution >= 4 is 20.4 Å². The van der Waals surface area contributed by atoms with Gasteiger partial charge in [-0.15, -0.1) is 0 Å². The number of hydrogen-bond donors (Lipinski definition) is 0. The minimum absolute atomic E-state index is 0. The van der Waals surface area contributed by atoms with E-state index in [1.54, 1.807) is 6.08 Å². The molecule has 3 nitrogen and oxygen atoms in total. The van der Waals surface area contributed by atoms with Gasteiger partial charge >= 0.3 is 0 Å². The molecule has 13 heavy (non-hydrogen) atoms. The molecule has 0 aromatic heterocycles. The van der Waals surface area contributed by atoms with Crippen LogP contribution in [-0.2, 0) is 33.9 Å². The summed E-state index contributed by atoms with van der Waals surface area (Å²) >= 11 is 0. The Balaban J connectivity index is -0.0000000263. The van der Waals surface area contributed by atoms with Crippen LogP contribution in [0.1, 0.15) is 13.8 Å². The van der Waals surface area contributed by atoms with Crippen LogP contribution >= 0.6 is 0 Å². The van der Waals surface area contributed by atoms with E-state index in [2.05, 4.69) is 6.58 Å². The fourth-order valence-corrected chi connectivity index (χ4v) is 0.236. The van der Waals surface area contributed by atoms with E-state index in [-0.39, 0.29) is 19.5 Å². The van der Waals surface area contributed by atoms with Gasteiger partial charge in [-0.05, 0) is 13.8 Å². The summed E-state index contributed by atoms with van der Waals surface area (Å²) in [6.45, 7) is 13.6. The fourth-order valence-electron chi connectivity index (χ4n) is 0.236. The van der Waals surface area contributed by atoms with Gasteiger partial charge in [-0.1, -0.05) is 24.3 Å². The van der Waals surface area contributed by atoms with Crippen LogP contribution in [0.2, 0.25) is 0 Å². The van der Waals surface area contributed by atoms with Crippen molar-refractivity contribution in [2.45, 2.75) is 13.8 Å². The first kappa shape index (κ1) is 29.6. The van der Waals surface area contributed by atoms with Crippen LogP contribution in [-0.4, -0.2) is 20.4 Å². The van der Waals surface area contributed by atoms with Crippen molar-refractivity contribution in [3.63, 3.8) is 0 Å². The zero-order valence-electron chi connectivity index (χ0n) is 8.06. The molecular formula is C9H16O3Ru. The molecule has 4 heteroatoms. The van der Waals surface area contributed by atoms with Crippen LogP contribution < -0.4 is 0 Å². The van der Waals surface area contributed by atoms with E-state index >= 15 is 0 Å². The zero-order chi connectivity index (χ0) is 11.0. The molecule has 0 aliphatic rings. The largest absolute Gasteiger partial charge is 0.307 e. The van der Waals surface area contributed by atoms with Crippen molar-refractivity contribution in [3.05, 3.63) is 24.3 Å². The van der Waals surface area contributed by atoms with E-state index in [1.807, 2.05) is 40.3 Å². The number of hydrogen-bond acceptors (Lipinski definition) is 3. The van der Waals surface area contributed by atoms with Crippen molar-refractivity contribution in [2.75, 3.05) is 0 Å². The summed E-state index contributed by atoms with van der Waals surface area (Å²) in [5, 5.41) is 0. The monoisotopic (exact) mass is 274 g/mol. The van der Waals surface area contributed by atoms with E-state index in [1.165, 1.54) is 5.57 Å². The summed E-state index contributed by atoms with van der Waals surface area (Å²) in [6.07, 6.45) is 3.76. The Morgan fingerprint density at radius 3 is 1.15 bits per heavy atom. The molecule has 0 rings (SSSR count). The maximum absolute atomic E-state index is 8.00. The minimum Gasteiger partial charge on any atom is -0.307 e. The first-order chi connectivity index (χ1) is 5.77. The molecule has 0 aliphatic heterocycles. The van der Waals surface area contributed by atoms with Crippen LogP contribution in [0.15, 0.2) is 24.3 Å². The van der Waals surface area contributed by atoms with Gasteiger partial charge in [0.25, 0.3) is 0 Å². The van der Waals surface area contributed by atoms with Crippen LogP contribution in [0.4, 0.5) is 0 Å². The number of allylic oxidation sites excluding steroid dienone is 3. The molecule has 0 heterocycles. The van der Waals surface area contributed by atoms with Gasteiger partial charge in [0, 0.05) is 19.5 Å². The predicted octanol–water partition coefficient (Wildman–Crippen LogP) is 1.58. The Hall–Kier alpha value is -0.887. The fraction of sp³-hybridized carbons (Fsp3) is 0.222. The van der Waals surface area contributed by atoms with Gasteiger partial charge < -0.3 is 14.4 Å². The summed E-state index contributed by atoms with van der Waals surface area (Å²) in [5.74, 6) is 0. The standard InChI is InChI=1S/C6H10.3CH2O.Ru/c1-4-5-6(2)3;3*1-2;/h4-5H,1H2,2-3H3;3*1H2;. The molecule has 78 valence electrons. The van der Waals surface area contributed by atoms with Gasteiger partial charge in [0.2, 0.25) is 0 Å². The van der Waals surface area contributed by atoms with E-state index in [4.69, 9.17) is 14.4 Å². The Morgan fingerprint density at radius 1 is 0.923 bits per heavy atom. The molecule has 0 radical (unpaired) electrons. The molecule has 0 N–H and O–H groups in total. The van der Waals surface area contributed by atoms with Gasteiger partial charge in [0.15, 0.2) is 0 Å². The minimum atomic E-state index is 0. The van der Waals surface area contributed by atoms with Crippen LogP contribution in [0.3, 0.4) is 0 Å². The van der Waals surface area contributed by atoms with Crippen molar-refractivity contribution in [1.82, 2.24) is 0 Å². The maximum atomic E-state index is 8.00. The third kappa shape index (κ3) is 207. The maximum Gasteiger partial charge on any atom is 0.106 e. The molecule has 0 aromatic rings.